The molecular formula is C16H22O4. The summed E-state index contributed by atoms with van der Waals surface area (Å²) in [6, 6.07) is 7.70. The molecule has 0 aliphatic rings. The maximum Gasteiger partial charge on any atom is 0.119 e. The molecule has 1 aromatic carbocycles. The third-order valence-electron chi connectivity index (χ3n) is 2.42. The van der Waals surface area contributed by atoms with E-state index in [2.05, 4.69) is 11.8 Å². The number of ether oxygens (including phenoxy) is 4. The van der Waals surface area contributed by atoms with Gasteiger partial charge < -0.3 is 18.9 Å². The molecule has 20 heavy (non-hydrogen) atoms. The summed E-state index contributed by atoms with van der Waals surface area (Å²) in [6.45, 7) is 5.25. The van der Waals surface area contributed by atoms with Crippen LogP contribution in [0.3, 0.4) is 0 Å². The fourth-order valence-corrected chi connectivity index (χ4v) is 1.46. The topological polar surface area (TPSA) is 36.9 Å². The Labute approximate surface area is 121 Å². The number of methoxy groups -OCH3 is 1. The van der Waals surface area contributed by atoms with Gasteiger partial charge in [0.05, 0.1) is 33.0 Å². The van der Waals surface area contributed by atoms with Crippen molar-refractivity contribution in [1.82, 2.24) is 0 Å². The predicted molar refractivity (Wildman–Crippen MR) is 78.0 cm³/mol. The fourth-order valence-electron chi connectivity index (χ4n) is 1.46. The smallest absolute Gasteiger partial charge is 0.119 e. The molecule has 4 heteroatoms. The molecule has 0 radical (unpaired) electrons. The average molecular weight is 278 g/mol. The van der Waals surface area contributed by atoms with Gasteiger partial charge >= 0.3 is 0 Å². The Bertz CT molecular complexity index is 403. The molecule has 0 unspecified atom stereocenters. The van der Waals surface area contributed by atoms with Crippen LogP contribution in [0.4, 0.5) is 0 Å². The zero-order valence-electron chi connectivity index (χ0n) is 12.2. The SMILES string of the molecule is CC#Cc1ccc(OCCOCCOCCOC)cc1. The second-order valence-corrected chi connectivity index (χ2v) is 3.97. The summed E-state index contributed by atoms with van der Waals surface area (Å²) in [5.74, 6) is 6.67. The van der Waals surface area contributed by atoms with Crippen LogP contribution in [-0.2, 0) is 14.2 Å². The van der Waals surface area contributed by atoms with Gasteiger partial charge in [-0.1, -0.05) is 5.92 Å². The normalized spacial score (nSPS) is 9.90. The van der Waals surface area contributed by atoms with Crippen molar-refractivity contribution in [2.45, 2.75) is 6.92 Å². The summed E-state index contributed by atoms with van der Waals surface area (Å²) in [5.41, 5.74) is 0.990. The van der Waals surface area contributed by atoms with Crippen LogP contribution in [0.2, 0.25) is 0 Å². The Balaban J connectivity index is 2.02. The van der Waals surface area contributed by atoms with E-state index in [1.807, 2.05) is 31.2 Å². The minimum atomic E-state index is 0.525. The Morgan fingerprint density at radius 2 is 1.45 bits per heavy atom. The molecule has 0 atom stereocenters. The Morgan fingerprint density at radius 3 is 2.05 bits per heavy atom. The molecule has 0 N–H and O–H groups in total. The van der Waals surface area contributed by atoms with Crippen LogP contribution in [0.5, 0.6) is 5.75 Å². The highest BCUT2D eigenvalue weighted by Crippen LogP contribution is 2.11. The van der Waals surface area contributed by atoms with Gasteiger partial charge in [-0.2, -0.15) is 0 Å². The molecule has 4 nitrogen and oxygen atoms in total. The second kappa shape index (κ2) is 11.3. The minimum Gasteiger partial charge on any atom is -0.491 e. The van der Waals surface area contributed by atoms with Crippen molar-refractivity contribution in [3.63, 3.8) is 0 Å². The van der Waals surface area contributed by atoms with Gasteiger partial charge in [0.25, 0.3) is 0 Å². The van der Waals surface area contributed by atoms with Gasteiger partial charge in [0.1, 0.15) is 12.4 Å². The lowest BCUT2D eigenvalue weighted by Gasteiger charge is -2.07. The van der Waals surface area contributed by atoms with Gasteiger partial charge in [-0.3, -0.25) is 0 Å². The molecule has 0 saturated heterocycles. The van der Waals surface area contributed by atoms with Crippen molar-refractivity contribution >= 4 is 0 Å². The first-order chi connectivity index (χ1) is 9.86. The van der Waals surface area contributed by atoms with Gasteiger partial charge in [-0.05, 0) is 31.2 Å². The van der Waals surface area contributed by atoms with Crippen LogP contribution in [0, 0.1) is 11.8 Å². The first kappa shape index (κ1) is 16.5. The van der Waals surface area contributed by atoms with Crippen LogP contribution >= 0.6 is 0 Å². The van der Waals surface area contributed by atoms with E-state index in [1.54, 1.807) is 7.11 Å². The van der Waals surface area contributed by atoms with Gasteiger partial charge in [-0.15, -0.1) is 5.92 Å². The van der Waals surface area contributed by atoms with Crippen molar-refractivity contribution in [1.29, 1.82) is 0 Å². The Kier molecular flexibility index (Phi) is 9.33. The van der Waals surface area contributed by atoms with Crippen molar-refractivity contribution in [2.24, 2.45) is 0 Å². The number of hydrogen-bond acceptors (Lipinski definition) is 4. The highest BCUT2D eigenvalue weighted by molar-refractivity contribution is 5.37. The number of rotatable bonds is 10. The molecule has 0 spiro atoms. The van der Waals surface area contributed by atoms with E-state index < -0.39 is 0 Å². The van der Waals surface area contributed by atoms with E-state index in [9.17, 15) is 0 Å². The summed E-state index contributed by atoms with van der Waals surface area (Å²) in [7, 11) is 1.65. The van der Waals surface area contributed by atoms with Gasteiger partial charge in [0.2, 0.25) is 0 Å². The monoisotopic (exact) mass is 278 g/mol. The van der Waals surface area contributed by atoms with Crippen molar-refractivity contribution in [3.8, 4) is 17.6 Å². The summed E-state index contributed by atoms with van der Waals surface area (Å²) >= 11 is 0. The summed E-state index contributed by atoms with van der Waals surface area (Å²) in [6.07, 6.45) is 0. The van der Waals surface area contributed by atoms with Crippen molar-refractivity contribution < 1.29 is 18.9 Å². The maximum absolute atomic E-state index is 5.55. The molecule has 0 heterocycles. The lowest BCUT2D eigenvalue weighted by atomic mass is 10.2. The third kappa shape index (κ3) is 7.80. The molecule has 1 rings (SSSR count). The molecule has 1 aromatic rings. The van der Waals surface area contributed by atoms with Crippen molar-refractivity contribution in [2.75, 3.05) is 46.8 Å². The highest BCUT2D eigenvalue weighted by atomic mass is 16.6. The predicted octanol–water partition coefficient (Wildman–Crippen LogP) is 2.12. The van der Waals surface area contributed by atoms with Gasteiger partial charge in [0, 0.05) is 12.7 Å². The molecule has 0 bridgehead atoms. The van der Waals surface area contributed by atoms with E-state index in [4.69, 9.17) is 18.9 Å². The molecule has 0 amide bonds. The molecule has 0 aromatic heterocycles. The third-order valence-corrected chi connectivity index (χ3v) is 2.42. The van der Waals surface area contributed by atoms with Crippen LogP contribution in [0.15, 0.2) is 24.3 Å². The van der Waals surface area contributed by atoms with Crippen LogP contribution in [-0.4, -0.2) is 46.8 Å². The molecule has 0 fully saturated rings. The van der Waals surface area contributed by atoms with Gasteiger partial charge in [0.15, 0.2) is 0 Å². The first-order valence-corrected chi connectivity index (χ1v) is 6.67. The van der Waals surface area contributed by atoms with E-state index >= 15 is 0 Å². The lowest BCUT2D eigenvalue weighted by Crippen LogP contribution is -2.12. The zero-order valence-corrected chi connectivity index (χ0v) is 12.2. The average Bonchev–Trinajstić information content (AvgIpc) is 2.47. The van der Waals surface area contributed by atoms with Gasteiger partial charge in [-0.25, -0.2) is 0 Å². The van der Waals surface area contributed by atoms with E-state index in [0.29, 0.717) is 39.6 Å². The van der Waals surface area contributed by atoms with E-state index in [-0.39, 0.29) is 0 Å². The van der Waals surface area contributed by atoms with Crippen molar-refractivity contribution in [3.05, 3.63) is 29.8 Å². The molecular weight excluding hydrogens is 256 g/mol. The summed E-state index contributed by atoms with van der Waals surface area (Å²) in [5, 5.41) is 0. The number of hydrogen-bond donors (Lipinski definition) is 0. The second-order valence-electron chi connectivity index (χ2n) is 3.97. The van der Waals surface area contributed by atoms with Crippen LogP contribution < -0.4 is 4.74 Å². The molecule has 0 saturated carbocycles. The minimum absolute atomic E-state index is 0.525. The lowest BCUT2D eigenvalue weighted by molar-refractivity contribution is 0.0180. The summed E-state index contributed by atoms with van der Waals surface area (Å²) < 4.78 is 21.1. The Hall–Kier alpha value is -1.54. The highest BCUT2D eigenvalue weighted by Gasteiger charge is 1.94. The molecule has 0 aliphatic carbocycles. The molecule has 110 valence electrons. The maximum atomic E-state index is 5.55. The molecule has 0 aliphatic heterocycles. The van der Waals surface area contributed by atoms with E-state index in [0.717, 1.165) is 11.3 Å². The number of benzene rings is 1. The first-order valence-electron chi connectivity index (χ1n) is 6.67. The van der Waals surface area contributed by atoms with E-state index in [1.165, 1.54) is 0 Å². The largest absolute Gasteiger partial charge is 0.491 e. The van der Waals surface area contributed by atoms with Crippen LogP contribution in [0.1, 0.15) is 12.5 Å². The quantitative estimate of drug-likeness (QED) is 0.485. The fraction of sp³-hybridized carbons (Fsp3) is 0.500. The van der Waals surface area contributed by atoms with Crippen LogP contribution in [0.25, 0.3) is 0 Å². The zero-order chi connectivity index (χ0) is 14.5. The standard InChI is InChI=1S/C16H22O4/c1-3-4-15-5-7-16(8-6-15)20-14-13-19-12-11-18-10-9-17-2/h5-8H,9-14H2,1-2H3. The summed E-state index contributed by atoms with van der Waals surface area (Å²) in [4.78, 5) is 0. The Morgan fingerprint density at radius 1 is 0.850 bits per heavy atom.